The summed E-state index contributed by atoms with van der Waals surface area (Å²) >= 11 is 1.43. The Morgan fingerprint density at radius 3 is 2.75 bits per heavy atom. The van der Waals surface area contributed by atoms with Crippen LogP contribution in [0.15, 0.2) is 46.6 Å². The molecule has 3 aromatic rings. The van der Waals surface area contributed by atoms with Gasteiger partial charge in [0.15, 0.2) is 28.4 Å². The molecule has 0 radical (unpaired) electrons. The third-order valence-electron chi connectivity index (χ3n) is 3.76. The van der Waals surface area contributed by atoms with E-state index in [0.29, 0.717) is 35.0 Å². The summed E-state index contributed by atoms with van der Waals surface area (Å²) in [7, 11) is 0. The van der Waals surface area contributed by atoms with Crippen molar-refractivity contribution in [2.45, 2.75) is 50.2 Å². The number of halogens is 1. The molecule has 28 heavy (non-hydrogen) atoms. The number of hydrogen-bond acceptors (Lipinski definition) is 7. The molecule has 0 amide bonds. The maximum atomic E-state index is 13.7. The van der Waals surface area contributed by atoms with Crippen molar-refractivity contribution >= 4 is 11.8 Å². The molecule has 0 aliphatic carbocycles. The van der Waals surface area contributed by atoms with Crippen molar-refractivity contribution in [1.82, 2.24) is 24.9 Å². The van der Waals surface area contributed by atoms with Gasteiger partial charge in [-0.2, -0.15) is 4.98 Å². The lowest BCUT2D eigenvalue weighted by Crippen LogP contribution is -2.13. The molecule has 0 saturated carbocycles. The highest BCUT2D eigenvalue weighted by Gasteiger charge is 2.21. The minimum absolute atomic E-state index is 0.0943. The van der Waals surface area contributed by atoms with E-state index in [-0.39, 0.29) is 17.8 Å². The second kappa shape index (κ2) is 8.55. The Morgan fingerprint density at radius 1 is 1.29 bits per heavy atom. The second-order valence-corrected chi connectivity index (χ2v) is 8.01. The number of benzene rings is 1. The van der Waals surface area contributed by atoms with Crippen LogP contribution in [0.4, 0.5) is 4.39 Å². The predicted octanol–water partition coefficient (Wildman–Crippen LogP) is 4.16. The molecule has 0 aliphatic heterocycles. The first-order chi connectivity index (χ1) is 13.4. The van der Waals surface area contributed by atoms with Gasteiger partial charge >= 0.3 is 0 Å². The Morgan fingerprint density at radius 2 is 2.07 bits per heavy atom. The normalized spacial score (nSPS) is 11.6. The van der Waals surface area contributed by atoms with Crippen LogP contribution in [0.3, 0.4) is 0 Å². The van der Waals surface area contributed by atoms with Gasteiger partial charge in [0, 0.05) is 12.0 Å². The summed E-state index contributed by atoms with van der Waals surface area (Å²) < 4.78 is 26.4. The van der Waals surface area contributed by atoms with Crippen molar-refractivity contribution < 1.29 is 13.7 Å². The van der Waals surface area contributed by atoms with E-state index >= 15 is 0 Å². The minimum atomic E-state index is -0.419. The molecule has 0 aliphatic rings. The topological polar surface area (TPSA) is 78.9 Å². The maximum absolute atomic E-state index is 13.7. The molecular formula is C19H22FN5O2S. The molecule has 3 rings (SSSR count). The number of aromatic nitrogens is 5. The Labute approximate surface area is 167 Å². The van der Waals surface area contributed by atoms with E-state index in [1.54, 1.807) is 24.3 Å². The zero-order chi connectivity index (χ0) is 20.1. The van der Waals surface area contributed by atoms with Crippen molar-refractivity contribution in [2.24, 2.45) is 0 Å². The summed E-state index contributed by atoms with van der Waals surface area (Å²) in [5, 5.41) is 13.1. The highest BCUT2D eigenvalue weighted by molar-refractivity contribution is 7.98. The highest BCUT2D eigenvalue weighted by atomic mass is 32.2. The fourth-order valence-corrected chi connectivity index (χ4v) is 3.10. The van der Waals surface area contributed by atoms with Crippen LogP contribution in [0.25, 0.3) is 0 Å². The number of para-hydroxylation sites is 1. The molecule has 2 aromatic heterocycles. The Kier molecular flexibility index (Phi) is 6.13. The van der Waals surface area contributed by atoms with E-state index in [4.69, 9.17) is 9.26 Å². The van der Waals surface area contributed by atoms with E-state index in [9.17, 15) is 4.39 Å². The smallest absolute Gasteiger partial charge is 0.237 e. The van der Waals surface area contributed by atoms with Crippen molar-refractivity contribution in [3.8, 4) is 5.75 Å². The van der Waals surface area contributed by atoms with Gasteiger partial charge in [-0.1, -0.05) is 55.9 Å². The molecule has 148 valence electrons. The van der Waals surface area contributed by atoms with E-state index in [2.05, 4.69) is 26.9 Å². The first-order valence-electron chi connectivity index (χ1n) is 8.74. The first kappa shape index (κ1) is 20.1. The number of allylic oxidation sites excluding steroid dienone is 1. The molecular weight excluding hydrogens is 381 g/mol. The van der Waals surface area contributed by atoms with Crippen molar-refractivity contribution in [3.05, 3.63) is 60.3 Å². The number of hydrogen-bond donors (Lipinski definition) is 0. The van der Waals surface area contributed by atoms with Gasteiger partial charge in [0.25, 0.3) is 0 Å². The Bertz CT molecular complexity index is 948. The third kappa shape index (κ3) is 4.78. The largest absolute Gasteiger partial charge is 0.483 e. The molecule has 1 aromatic carbocycles. The van der Waals surface area contributed by atoms with E-state index in [1.165, 1.54) is 17.8 Å². The molecule has 0 fully saturated rings. The molecule has 0 saturated heterocycles. The van der Waals surface area contributed by atoms with Crippen molar-refractivity contribution in [2.75, 3.05) is 0 Å². The van der Waals surface area contributed by atoms with Gasteiger partial charge in [-0.05, 0) is 12.1 Å². The van der Waals surface area contributed by atoms with Crippen molar-refractivity contribution in [3.63, 3.8) is 0 Å². The van der Waals surface area contributed by atoms with E-state index < -0.39 is 5.82 Å². The molecule has 7 nitrogen and oxygen atoms in total. The van der Waals surface area contributed by atoms with Gasteiger partial charge in [0.2, 0.25) is 5.89 Å². The predicted molar refractivity (Wildman–Crippen MR) is 104 cm³/mol. The van der Waals surface area contributed by atoms with Crippen LogP contribution in [-0.2, 0) is 24.3 Å². The van der Waals surface area contributed by atoms with Crippen molar-refractivity contribution in [1.29, 1.82) is 0 Å². The zero-order valence-electron chi connectivity index (χ0n) is 16.1. The summed E-state index contributed by atoms with van der Waals surface area (Å²) in [5.41, 5.74) is -0.174. The van der Waals surface area contributed by atoms with Crippen LogP contribution in [0.2, 0.25) is 0 Å². The summed E-state index contributed by atoms with van der Waals surface area (Å²) in [5.74, 6) is 1.98. The monoisotopic (exact) mass is 403 g/mol. The summed E-state index contributed by atoms with van der Waals surface area (Å²) in [4.78, 5) is 4.42. The van der Waals surface area contributed by atoms with Crippen LogP contribution in [-0.4, -0.2) is 24.9 Å². The number of ether oxygens (including phenoxy) is 1. The molecule has 2 heterocycles. The number of thioether (sulfide) groups is 1. The number of rotatable bonds is 8. The van der Waals surface area contributed by atoms with Gasteiger partial charge in [0.05, 0.1) is 5.75 Å². The lowest BCUT2D eigenvalue weighted by molar-refractivity contribution is 0.275. The van der Waals surface area contributed by atoms with Gasteiger partial charge in [-0.3, -0.25) is 4.57 Å². The molecule has 0 N–H and O–H groups in total. The van der Waals surface area contributed by atoms with Crippen LogP contribution < -0.4 is 4.74 Å². The fraction of sp³-hybridized carbons (Fsp3) is 0.368. The average molecular weight is 403 g/mol. The second-order valence-electron chi connectivity index (χ2n) is 7.07. The van der Waals surface area contributed by atoms with Crippen LogP contribution in [0, 0.1) is 5.82 Å². The Hall–Kier alpha value is -2.68. The summed E-state index contributed by atoms with van der Waals surface area (Å²) in [6.07, 6.45) is 1.74. The van der Waals surface area contributed by atoms with E-state index in [1.807, 2.05) is 25.3 Å². The van der Waals surface area contributed by atoms with Gasteiger partial charge in [0.1, 0.15) is 6.61 Å². The SMILES string of the molecule is C=CCn1c(COc2ccccc2F)nnc1SCc1nc(C(C)(C)C)no1. The van der Waals surface area contributed by atoms with E-state index in [0.717, 1.165) is 0 Å². The maximum Gasteiger partial charge on any atom is 0.237 e. The summed E-state index contributed by atoms with van der Waals surface area (Å²) in [6.45, 7) is 10.4. The minimum Gasteiger partial charge on any atom is -0.483 e. The third-order valence-corrected chi connectivity index (χ3v) is 4.71. The lowest BCUT2D eigenvalue weighted by atomic mass is 9.96. The van der Waals surface area contributed by atoms with Gasteiger partial charge in [-0.15, -0.1) is 16.8 Å². The van der Waals surface area contributed by atoms with Crippen LogP contribution in [0.1, 0.15) is 38.3 Å². The van der Waals surface area contributed by atoms with Crippen LogP contribution in [0.5, 0.6) is 5.75 Å². The standard InChI is InChI=1S/C19H22FN5O2S/c1-5-10-25-15(11-26-14-9-7-6-8-13(14)20)22-23-18(25)28-12-16-21-17(24-27-16)19(2,3)4/h5-9H,1,10-12H2,2-4H3. The fourth-order valence-electron chi connectivity index (χ4n) is 2.29. The lowest BCUT2D eigenvalue weighted by Gasteiger charge is -2.10. The molecule has 0 atom stereocenters. The van der Waals surface area contributed by atoms with Gasteiger partial charge < -0.3 is 9.26 Å². The summed E-state index contributed by atoms with van der Waals surface area (Å²) in [6, 6.07) is 6.24. The molecule has 0 bridgehead atoms. The molecule has 9 heteroatoms. The Balaban J connectivity index is 1.69. The van der Waals surface area contributed by atoms with Crippen LogP contribution >= 0.6 is 11.8 Å². The highest BCUT2D eigenvalue weighted by Crippen LogP contribution is 2.25. The average Bonchev–Trinajstić information content (AvgIpc) is 3.27. The quantitative estimate of drug-likeness (QED) is 0.413. The molecule has 0 unspecified atom stereocenters. The molecule has 0 spiro atoms. The van der Waals surface area contributed by atoms with Gasteiger partial charge in [-0.25, -0.2) is 4.39 Å². The number of nitrogens with zero attached hydrogens (tertiary/aromatic N) is 5. The zero-order valence-corrected chi connectivity index (χ0v) is 16.9. The first-order valence-corrected chi connectivity index (χ1v) is 9.73.